The van der Waals surface area contributed by atoms with Crippen LogP contribution in [0.2, 0.25) is 0 Å². The third-order valence-corrected chi connectivity index (χ3v) is 4.75. The molecular formula is C22H17N5O2. The molecule has 0 unspecified atom stereocenters. The smallest absolute Gasteiger partial charge is 0.333 e. The van der Waals surface area contributed by atoms with E-state index in [-0.39, 0.29) is 5.69 Å². The zero-order valence-electron chi connectivity index (χ0n) is 15.7. The van der Waals surface area contributed by atoms with E-state index in [4.69, 9.17) is 4.52 Å². The minimum absolute atomic E-state index is 0.219. The minimum Gasteiger partial charge on any atom is -0.333 e. The molecular weight excluding hydrogens is 366 g/mol. The molecule has 0 radical (unpaired) electrons. The monoisotopic (exact) mass is 383 g/mol. The van der Waals surface area contributed by atoms with Gasteiger partial charge >= 0.3 is 5.69 Å². The van der Waals surface area contributed by atoms with Gasteiger partial charge in [-0.2, -0.15) is 4.98 Å². The maximum atomic E-state index is 12.8. The fourth-order valence-corrected chi connectivity index (χ4v) is 3.22. The number of aryl methyl sites for hydroxylation is 1. The Labute approximate surface area is 165 Å². The van der Waals surface area contributed by atoms with Gasteiger partial charge in [0.25, 0.3) is 5.89 Å². The van der Waals surface area contributed by atoms with Crippen molar-refractivity contribution in [1.29, 1.82) is 0 Å². The summed E-state index contributed by atoms with van der Waals surface area (Å²) in [6.45, 7) is 2.41. The second-order valence-corrected chi connectivity index (χ2v) is 6.83. The highest BCUT2D eigenvalue weighted by molar-refractivity contribution is 5.72. The largest absolute Gasteiger partial charge is 0.350 e. The van der Waals surface area contributed by atoms with Crippen LogP contribution in [0.1, 0.15) is 11.1 Å². The summed E-state index contributed by atoms with van der Waals surface area (Å²) in [5.74, 6) is 0.816. The van der Waals surface area contributed by atoms with Gasteiger partial charge in [-0.15, -0.1) is 5.10 Å². The molecule has 0 spiro atoms. The Bertz CT molecular complexity index is 1350. The quantitative estimate of drug-likeness (QED) is 0.474. The Hall–Kier alpha value is -4.00. The normalized spacial score (nSPS) is 11.2. The molecule has 5 rings (SSSR count). The molecule has 0 saturated heterocycles. The third kappa shape index (κ3) is 3.12. The second-order valence-electron chi connectivity index (χ2n) is 6.83. The molecule has 3 aromatic heterocycles. The number of hydrogen-bond acceptors (Lipinski definition) is 5. The molecule has 29 heavy (non-hydrogen) atoms. The van der Waals surface area contributed by atoms with Crippen LogP contribution in [0.4, 0.5) is 0 Å². The van der Waals surface area contributed by atoms with Crippen molar-refractivity contribution >= 4 is 5.65 Å². The maximum Gasteiger partial charge on any atom is 0.350 e. The van der Waals surface area contributed by atoms with Gasteiger partial charge in [-0.25, -0.2) is 13.9 Å². The zero-order chi connectivity index (χ0) is 19.8. The van der Waals surface area contributed by atoms with Gasteiger partial charge in [-0.1, -0.05) is 65.3 Å². The summed E-state index contributed by atoms with van der Waals surface area (Å²) in [6.07, 6.45) is 1.69. The molecule has 7 nitrogen and oxygen atoms in total. The van der Waals surface area contributed by atoms with Crippen LogP contribution in [0.3, 0.4) is 0 Å². The Morgan fingerprint density at radius 3 is 2.55 bits per heavy atom. The standard InChI is InChI=1S/C22H17N5O2/c1-15-9-11-17(12-10-15)19-23-21(29-25-19)18-8-5-13-26-20(18)24-27(22(26)28)14-16-6-3-2-4-7-16/h2-13H,14H2,1H3. The number of pyridine rings is 1. The zero-order valence-corrected chi connectivity index (χ0v) is 15.7. The van der Waals surface area contributed by atoms with Crippen LogP contribution < -0.4 is 5.69 Å². The lowest BCUT2D eigenvalue weighted by molar-refractivity contribution is 0.432. The molecule has 0 bridgehead atoms. The Morgan fingerprint density at radius 1 is 0.966 bits per heavy atom. The molecule has 0 N–H and O–H groups in total. The number of hydrogen-bond donors (Lipinski definition) is 0. The Morgan fingerprint density at radius 2 is 1.76 bits per heavy atom. The molecule has 0 aliphatic heterocycles. The van der Waals surface area contributed by atoms with Gasteiger partial charge in [0.05, 0.1) is 12.1 Å². The number of benzene rings is 2. The van der Waals surface area contributed by atoms with Gasteiger partial charge in [0.1, 0.15) is 0 Å². The highest BCUT2D eigenvalue weighted by Gasteiger charge is 2.17. The summed E-state index contributed by atoms with van der Waals surface area (Å²) in [4.78, 5) is 17.3. The predicted octanol–water partition coefficient (Wildman–Crippen LogP) is 3.57. The number of nitrogens with zero attached hydrogens (tertiary/aromatic N) is 5. The number of fused-ring (bicyclic) bond motifs is 1. The lowest BCUT2D eigenvalue weighted by Crippen LogP contribution is -2.21. The fourth-order valence-electron chi connectivity index (χ4n) is 3.22. The van der Waals surface area contributed by atoms with E-state index in [1.807, 2.05) is 67.6 Å². The van der Waals surface area contributed by atoms with E-state index >= 15 is 0 Å². The Kier molecular flexibility index (Phi) is 4.05. The molecule has 142 valence electrons. The van der Waals surface area contributed by atoms with E-state index in [0.29, 0.717) is 29.5 Å². The van der Waals surface area contributed by atoms with Crippen molar-refractivity contribution in [2.45, 2.75) is 13.5 Å². The summed E-state index contributed by atoms with van der Waals surface area (Å²) in [5.41, 5.74) is 3.90. The van der Waals surface area contributed by atoms with Crippen LogP contribution in [0.15, 0.2) is 82.2 Å². The topological polar surface area (TPSA) is 78.2 Å². The van der Waals surface area contributed by atoms with E-state index in [0.717, 1.165) is 16.7 Å². The summed E-state index contributed by atoms with van der Waals surface area (Å²) < 4.78 is 8.42. The summed E-state index contributed by atoms with van der Waals surface area (Å²) in [6, 6.07) is 21.2. The summed E-state index contributed by atoms with van der Waals surface area (Å²) in [7, 11) is 0. The fraction of sp³-hybridized carbons (Fsp3) is 0.0909. The molecule has 0 saturated carbocycles. The second kappa shape index (κ2) is 6.87. The first-order valence-corrected chi connectivity index (χ1v) is 9.22. The van der Waals surface area contributed by atoms with Crippen LogP contribution >= 0.6 is 0 Å². The third-order valence-electron chi connectivity index (χ3n) is 4.75. The van der Waals surface area contributed by atoms with Gasteiger partial charge in [0.2, 0.25) is 5.82 Å². The average Bonchev–Trinajstić information content (AvgIpc) is 3.35. The van der Waals surface area contributed by atoms with Crippen LogP contribution in [-0.4, -0.2) is 24.3 Å². The van der Waals surface area contributed by atoms with Crippen molar-refractivity contribution < 1.29 is 4.52 Å². The molecule has 0 aliphatic carbocycles. The van der Waals surface area contributed by atoms with Crippen molar-refractivity contribution in [3.63, 3.8) is 0 Å². The van der Waals surface area contributed by atoms with Crippen molar-refractivity contribution in [2.24, 2.45) is 0 Å². The van der Waals surface area contributed by atoms with Crippen molar-refractivity contribution in [3.05, 3.63) is 94.5 Å². The number of rotatable bonds is 4. The van der Waals surface area contributed by atoms with Crippen LogP contribution in [0.25, 0.3) is 28.5 Å². The van der Waals surface area contributed by atoms with Gasteiger partial charge < -0.3 is 4.52 Å². The van der Waals surface area contributed by atoms with Crippen LogP contribution in [0.5, 0.6) is 0 Å². The number of aromatic nitrogens is 5. The first-order chi connectivity index (χ1) is 14.2. The van der Waals surface area contributed by atoms with Crippen molar-refractivity contribution in [3.8, 4) is 22.8 Å². The molecule has 7 heteroatoms. The van der Waals surface area contributed by atoms with Crippen molar-refractivity contribution in [2.75, 3.05) is 0 Å². The van der Waals surface area contributed by atoms with Gasteiger partial charge in [0, 0.05) is 11.8 Å². The maximum absolute atomic E-state index is 12.8. The van der Waals surface area contributed by atoms with E-state index in [2.05, 4.69) is 15.2 Å². The summed E-state index contributed by atoms with van der Waals surface area (Å²) >= 11 is 0. The highest BCUT2D eigenvalue weighted by atomic mass is 16.5. The molecule has 2 aromatic carbocycles. The highest BCUT2D eigenvalue weighted by Crippen LogP contribution is 2.24. The van der Waals surface area contributed by atoms with E-state index in [1.54, 1.807) is 12.3 Å². The molecule has 0 aliphatic rings. The molecule has 0 atom stereocenters. The van der Waals surface area contributed by atoms with Crippen LogP contribution in [0, 0.1) is 6.92 Å². The van der Waals surface area contributed by atoms with Crippen molar-refractivity contribution in [1.82, 2.24) is 24.3 Å². The Balaban J connectivity index is 1.57. The minimum atomic E-state index is -0.219. The lowest BCUT2D eigenvalue weighted by atomic mass is 10.1. The van der Waals surface area contributed by atoms with Gasteiger partial charge in [0.15, 0.2) is 5.65 Å². The SMILES string of the molecule is Cc1ccc(-c2noc(-c3cccn4c(=O)n(Cc5ccccc5)nc34)n2)cc1. The molecule has 0 fully saturated rings. The predicted molar refractivity (Wildman–Crippen MR) is 108 cm³/mol. The van der Waals surface area contributed by atoms with Gasteiger partial charge in [-0.3, -0.25) is 0 Å². The first-order valence-electron chi connectivity index (χ1n) is 9.22. The molecule has 0 amide bonds. The van der Waals surface area contributed by atoms with E-state index in [9.17, 15) is 4.79 Å². The molecule has 3 heterocycles. The van der Waals surface area contributed by atoms with E-state index < -0.39 is 0 Å². The van der Waals surface area contributed by atoms with Crippen LogP contribution in [-0.2, 0) is 6.54 Å². The first kappa shape index (κ1) is 17.1. The van der Waals surface area contributed by atoms with Gasteiger partial charge in [-0.05, 0) is 24.6 Å². The average molecular weight is 383 g/mol. The summed E-state index contributed by atoms with van der Waals surface area (Å²) in [5, 5.41) is 8.61. The molecule has 5 aromatic rings. The van der Waals surface area contributed by atoms with E-state index in [1.165, 1.54) is 9.08 Å². The lowest BCUT2D eigenvalue weighted by Gasteiger charge is -1.98.